The predicted molar refractivity (Wildman–Crippen MR) is 79.4 cm³/mol. The molecule has 0 saturated carbocycles. The van der Waals surface area contributed by atoms with Crippen LogP contribution in [0, 0.1) is 0 Å². The van der Waals surface area contributed by atoms with E-state index in [0.717, 1.165) is 23.4 Å². The Hall–Kier alpha value is -2.20. The number of rotatable bonds is 4. The largest absolute Gasteiger partial charge is 0.397 e. The van der Waals surface area contributed by atoms with Crippen LogP contribution >= 0.6 is 0 Å². The number of nitrogens with two attached hydrogens (primary N) is 1. The molecule has 0 atom stereocenters. The summed E-state index contributed by atoms with van der Waals surface area (Å²) in [5, 5.41) is 0. The molecule has 0 spiro atoms. The first-order chi connectivity index (χ1) is 9.10. The highest BCUT2D eigenvalue weighted by atomic mass is 15.0. The maximum absolute atomic E-state index is 5.82. The fourth-order valence-corrected chi connectivity index (χ4v) is 1.89. The van der Waals surface area contributed by atoms with Crippen LogP contribution in [0.4, 0.5) is 5.69 Å². The number of nitrogen functional groups attached to an aromatic ring is 1. The maximum atomic E-state index is 5.82. The number of hydrogen-bond acceptors (Lipinski definition) is 4. The van der Waals surface area contributed by atoms with E-state index in [9.17, 15) is 0 Å². The minimum atomic E-state index is 0.635. The van der Waals surface area contributed by atoms with E-state index in [2.05, 4.69) is 27.5 Å². The lowest BCUT2D eigenvalue weighted by Gasteiger charge is -2.10. The molecule has 0 radical (unpaired) electrons. The summed E-state index contributed by atoms with van der Waals surface area (Å²) >= 11 is 0. The molecule has 0 aliphatic heterocycles. The van der Waals surface area contributed by atoms with Gasteiger partial charge in [0.1, 0.15) is 0 Å². The van der Waals surface area contributed by atoms with Crippen LogP contribution in [0.2, 0.25) is 0 Å². The summed E-state index contributed by atoms with van der Waals surface area (Å²) in [6.07, 6.45) is 5.34. The Morgan fingerprint density at radius 3 is 2.79 bits per heavy atom. The lowest BCUT2D eigenvalue weighted by molar-refractivity contribution is 0.402. The number of pyridine rings is 2. The summed E-state index contributed by atoms with van der Waals surface area (Å²) in [5.41, 5.74) is 10.2. The topological polar surface area (TPSA) is 55.0 Å². The lowest BCUT2D eigenvalue weighted by atomic mass is 10.1. The minimum Gasteiger partial charge on any atom is -0.397 e. The molecule has 0 aliphatic rings. The smallest absolute Gasteiger partial charge is 0.0860 e. The maximum Gasteiger partial charge on any atom is 0.0860 e. The normalized spacial score (nSPS) is 10.7. The number of hydrogen-bond donors (Lipinski definition) is 1. The van der Waals surface area contributed by atoms with E-state index in [-0.39, 0.29) is 0 Å². The van der Waals surface area contributed by atoms with E-state index < -0.39 is 0 Å². The molecule has 2 rings (SSSR count). The average Bonchev–Trinajstić information content (AvgIpc) is 2.39. The minimum absolute atomic E-state index is 0.635. The Labute approximate surface area is 113 Å². The van der Waals surface area contributed by atoms with E-state index in [4.69, 9.17) is 5.73 Å². The zero-order valence-electron chi connectivity index (χ0n) is 11.3. The molecule has 0 saturated heterocycles. The predicted octanol–water partition coefficient (Wildman–Crippen LogP) is 2.43. The van der Waals surface area contributed by atoms with Gasteiger partial charge in [-0.2, -0.15) is 0 Å². The van der Waals surface area contributed by atoms with E-state index in [1.165, 1.54) is 0 Å². The van der Waals surface area contributed by atoms with Gasteiger partial charge >= 0.3 is 0 Å². The van der Waals surface area contributed by atoms with Crippen molar-refractivity contribution in [1.82, 2.24) is 14.9 Å². The number of anilines is 1. The van der Waals surface area contributed by atoms with E-state index in [1.807, 2.05) is 38.6 Å². The second-order valence-electron chi connectivity index (χ2n) is 4.69. The zero-order chi connectivity index (χ0) is 13.8. The Morgan fingerprint density at radius 1 is 1.32 bits per heavy atom. The SMILES string of the molecule is C=Cc1nc(-c2cncc(CN(C)C)c2)ccc1N. The molecule has 19 heavy (non-hydrogen) atoms. The van der Waals surface area contributed by atoms with Crippen LogP contribution in [0.1, 0.15) is 11.3 Å². The molecule has 4 heteroatoms. The van der Waals surface area contributed by atoms with Gasteiger partial charge in [0.15, 0.2) is 0 Å². The first kappa shape index (κ1) is 13.2. The van der Waals surface area contributed by atoms with Gasteiger partial charge in [-0.15, -0.1) is 0 Å². The van der Waals surface area contributed by atoms with Crippen molar-refractivity contribution in [2.45, 2.75) is 6.54 Å². The monoisotopic (exact) mass is 254 g/mol. The summed E-state index contributed by atoms with van der Waals surface area (Å²) in [7, 11) is 4.06. The average molecular weight is 254 g/mol. The van der Waals surface area contributed by atoms with Gasteiger partial charge in [0.25, 0.3) is 0 Å². The van der Waals surface area contributed by atoms with Gasteiger partial charge in [-0.1, -0.05) is 6.58 Å². The van der Waals surface area contributed by atoms with Crippen molar-refractivity contribution in [3.63, 3.8) is 0 Å². The van der Waals surface area contributed by atoms with Crippen molar-refractivity contribution in [3.8, 4) is 11.3 Å². The molecule has 2 N–H and O–H groups in total. The molecule has 2 heterocycles. The van der Waals surface area contributed by atoms with Gasteiger partial charge < -0.3 is 10.6 Å². The molecule has 98 valence electrons. The fraction of sp³-hybridized carbons (Fsp3) is 0.200. The number of aromatic nitrogens is 2. The number of nitrogens with zero attached hydrogens (tertiary/aromatic N) is 3. The standard InChI is InChI=1S/C15H18N4/c1-4-14-13(16)5-6-15(18-14)12-7-11(8-17-9-12)10-19(2)3/h4-9H,1,10,16H2,2-3H3. The van der Waals surface area contributed by atoms with Crippen molar-refractivity contribution < 1.29 is 0 Å². The van der Waals surface area contributed by atoms with Gasteiger partial charge in [0, 0.05) is 24.5 Å². The Morgan fingerprint density at radius 2 is 2.11 bits per heavy atom. The third-order valence-electron chi connectivity index (χ3n) is 2.74. The molecule has 0 unspecified atom stereocenters. The molecule has 2 aromatic rings. The molecule has 0 aliphatic carbocycles. The molecule has 2 aromatic heterocycles. The van der Waals surface area contributed by atoms with Crippen LogP contribution < -0.4 is 5.73 Å². The molecule has 0 bridgehead atoms. The van der Waals surface area contributed by atoms with Crippen LogP contribution in [0.3, 0.4) is 0 Å². The van der Waals surface area contributed by atoms with Gasteiger partial charge in [-0.3, -0.25) is 4.98 Å². The second kappa shape index (κ2) is 5.63. The molecule has 0 fully saturated rings. The summed E-state index contributed by atoms with van der Waals surface area (Å²) in [5.74, 6) is 0. The quantitative estimate of drug-likeness (QED) is 0.910. The van der Waals surface area contributed by atoms with Crippen LogP contribution in [-0.2, 0) is 6.54 Å². The summed E-state index contributed by atoms with van der Waals surface area (Å²) in [6.45, 7) is 4.57. The summed E-state index contributed by atoms with van der Waals surface area (Å²) in [4.78, 5) is 10.9. The molecular formula is C15H18N4. The molecule has 4 nitrogen and oxygen atoms in total. The fourth-order valence-electron chi connectivity index (χ4n) is 1.89. The lowest BCUT2D eigenvalue weighted by Crippen LogP contribution is -2.10. The third kappa shape index (κ3) is 3.17. The van der Waals surface area contributed by atoms with Crippen LogP contribution in [0.15, 0.2) is 37.2 Å². The second-order valence-corrected chi connectivity index (χ2v) is 4.69. The van der Waals surface area contributed by atoms with Crippen LogP contribution in [0.25, 0.3) is 17.3 Å². The zero-order valence-corrected chi connectivity index (χ0v) is 11.3. The van der Waals surface area contributed by atoms with Crippen molar-refractivity contribution >= 4 is 11.8 Å². The van der Waals surface area contributed by atoms with Gasteiger partial charge in [-0.25, -0.2) is 4.98 Å². The van der Waals surface area contributed by atoms with E-state index in [1.54, 1.807) is 6.08 Å². The van der Waals surface area contributed by atoms with E-state index in [0.29, 0.717) is 11.4 Å². The third-order valence-corrected chi connectivity index (χ3v) is 2.74. The first-order valence-electron chi connectivity index (χ1n) is 6.08. The Bertz CT molecular complexity index is 590. The molecule has 0 aromatic carbocycles. The van der Waals surface area contributed by atoms with Gasteiger partial charge in [0.05, 0.1) is 17.1 Å². The Balaban J connectivity index is 2.38. The summed E-state index contributed by atoms with van der Waals surface area (Å²) in [6, 6.07) is 5.84. The highest BCUT2D eigenvalue weighted by Gasteiger charge is 2.05. The van der Waals surface area contributed by atoms with Crippen molar-refractivity contribution in [2.75, 3.05) is 19.8 Å². The van der Waals surface area contributed by atoms with E-state index >= 15 is 0 Å². The van der Waals surface area contributed by atoms with Crippen LogP contribution in [0.5, 0.6) is 0 Å². The van der Waals surface area contributed by atoms with Gasteiger partial charge in [0.2, 0.25) is 0 Å². The highest BCUT2D eigenvalue weighted by Crippen LogP contribution is 2.21. The van der Waals surface area contributed by atoms with Crippen LogP contribution in [-0.4, -0.2) is 29.0 Å². The summed E-state index contributed by atoms with van der Waals surface area (Å²) < 4.78 is 0. The molecule has 0 amide bonds. The first-order valence-corrected chi connectivity index (χ1v) is 6.08. The van der Waals surface area contributed by atoms with Crippen molar-refractivity contribution in [3.05, 3.63) is 48.4 Å². The highest BCUT2D eigenvalue weighted by molar-refractivity contribution is 5.67. The Kier molecular flexibility index (Phi) is 3.92. The van der Waals surface area contributed by atoms with Crippen molar-refractivity contribution in [2.24, 2.45) is 0 Å². The molecular weight excluding hydrogens is 236 g/mol. The van der Waals surface area contributed by atoms with Crippen molar-refractivity contribution in [1.29, 1.82) is 0 Å². The van der Waals surface area contributed by atoms with Gasteiger partial charge in [-0.05, 0) is 43.9 Å².